The molecular formula is C20H17ClF3NO5. The molecule has 2 aromatic rings. The van der Waals surface area contributed by atoms with Crippen LogP contribution in [0.25, 0.3) is 0 Å². The van der Waals surface area contributed by atoms with Gasteiger partial charge in [-0.05, 0) is 44.2 Å². The van der Waals surface area contributed by atoms with E-state index >= 15 is 0 Å². The van der Waals surface area contributed by atoms with Crippen LogP contribution >= 0.6 is 11.6 Å². The summed E-state index contributed by atoms with van der Waals surface area (Å²) in [6, 6.07) is 7.13. The fourth-order valence-electron chi connectivity index (χ4n) is 2.89. The standard InChI is InChI=1S/C20H17ClF3NO5/c1-4-28-18(27)19(2)17(26)25(3)14-7-6-12(10-16(14)30-19)29-15-8-5-11(9-13(15)21)20(22,23)24/h5-10H,4H2,1-3H3. The quantitative estimate of drug-likeness (QED) is 0.500. The molecule has 0 bridgehead atoms. The number of likely N-dealkylation sites (N-methyl/N-ethyl adjacent to an activating group) is 1. The van der Waals surface area contributed by atoms with Crippen LogP contribution in [0, 0.1) is 0 Å². The zero-order chi connectivity index (χ0) is 22.3. The molecule has 0 radical (unpaired) electrons. The Morgan fingerprint density at radius 2 is 1.93 bits per heavy atom. The Kier molecular flexibility index (Phi) is 5.60. The average molecular weight is 444 g/mol. The molecule has 1 heterocycles. The lowest BCUT2D eigenvalue weighted by molar-refractivity contribution is -0.166. The molecule has 0 N–H and O–H groups in total. The summed E-state index contributed by atoms with van der Waals surface area (Å²) in [6.45, 7) is 2.97. The summed E-state index contributed by atoms with van der Waals surface area (Å²) >= 11 is 5.92. The molecule has 0 aromatic heterocycles. The van der Waals surface area contributed by atoms with E-state index in [1.807, 2.05) is 0 Å². The maximum absolute atomic E-state index is 12.8. The Morgan fingerprint density at radius 3 is 2.53 bits per heavy atom. The van der Waals surface area contributed by atoms with E-state index in [1.165, 1.54) is 37.1 Å². The van der Waals surface area contributed by atoms with Crippen LogP contribution in [0.15, 0.2) is 36.4 Å². The number of carbonyl (C=O) groups excluding carboxylic acids is 2. The predicted molar refractivity (Wildman–Crippen MR) is 102 cm³/mol. The number of nitrogens with zero attached hydrogens (tertiary/aromatic N) is 1. The molecule has 1 atom stereocenters. The molecule has 3 rings (SSSR count). The molecule has 6 nitrogen and oxygen atoms in total. The number of alkyl halides is 3. The first-order chi connectivity index (χ1) is 14.0. The third-order valence-electron chi connectivity index (χ3n) is 4.47. The Labute approximate surface area is 175 Å². The van der Waals surface area contributed by atoms with Gasteiger partial charge in [0, 0.05) is 13.1 Å². The third-order valence-corrected chi connectivity index (χ3v) is 4.77. The number of esters is 1. The van der Waals surface area contributed by atoms with Gasteiger partial charge in [0.25, 0.3) is 11.5 Å². The second-order valence-corrected chi connectivity index (χ2v) is 7.00. The maximum atomic E-state index is 12.8. The fourth-order valence-corrected chi connectivity index (χ4v) is 3.11. The highest BCUT2D eigenvalue weighted by atomic mass is 35.5. The second-order valence-electron chi connectivity index (χ2n) is 6.59. The molecule has 160 valence electrons. The summed E-state index contributed by atoms with van der Waals surface area (Å²) in [5.41, 5.74) is -2.41. The van der Waals surface area contributed by atoms with E-state index in [1.54, 1.807) is 6.92 Å². The van der Waals surface area contributed by atoms with E-state index in [-0.39, 0.29) is 28.9 Å². The van der Waals surface area contributed by atoms with E-state index in [0.717, 1.165) is 18.2 Å². The second kappa shape index (κ2) is 7.71. The minimum Gasteiger partial charge on any atom is -0.463 e. The molecule has 0 spiro atoms. The zero-order valence-electron chi connectivity index (χ0n) is 16.2. The van der Waals surface area contributed by atoms with Gasteiger partial charge in [-0.3, -0.25) is 4.79 Å². The number of ether oxygens (including phenoxy) is 3. The molecule has 0 saturated heterocycles. The number of hydrogen-bond donors (Lipinski definition) is 0. The zero-order valence-corrected chi connectivity index (χ0v) is 16.9. The normalized spacial score (nSPS) is 18.5. The lowest BCUT2D eigenvalue weighted by Crippen LogP contribution is -2.58. The van der Waals surface area contributed by atoms with Crippen molar-refractivity contribution in [3.63, 3.8) is 0 Å². The van der Waals surface area contributed by atoms with Gasteiger partial charge in [0.15, 0.2) is 0 Å². The molecule has 0 fully saturated rings. The Bertz CT molecular complexity index is 1010. The number of hydrogen-bond acceptors (Lipinski definition) is 5. The Morgan fingerprint density at radius 1 is 1.23 bits per heavy atom. The molecule has 30 heavy (non-hydrogen) atoms. The average Bonchev–Trinajstić information content (AvgIpc) is 2.67. The first kappa shape index (κ1) is 21.8. The van der Waals surface area contributed by atoms with Crippen LogP contribution in [0.5, 0.6) is 17.2 Å². The summed E-state index contributed by atoms with van der Waals surface area (Å²) in [6.07, 6.45) is -4.53. The number of halogens is 4. The fraction of sp³-hybridized carbons (Fsp3) is 0.300. The number of fused-ring (bicyclic) bond motifs is 1. The topological polar surface area (TPSA) is 65.1 Å². The van der Waals surface area contributed by atoms with Crippen LogP contribution in [0.4, 0.5) is 18.9 Å². The lowest BCUT2D eigenvalue weighted by Gasteiger charge is -2.37. The van der Waals surface area contributed by atoms with E-state index in [9.17, 15) is 22.8 Å². The van der Waals surface area contributed by atoms with E-state index in [2.05, 4.69) is 0 Å². The van der Waals surface area contributed by atoms with Crippen molar-refractivity contribution in [1.29, 1.82) is 0 Å². The number of benzene rings is 2. The van der Waals surface area contributed by atoms with E-state index < -0.39 is 29.2 Å². The Hall–Kier alpha value is -2.94. The summed E-state index contributed by atoms with van der Waals surface area (Å²) < 4.78 is 54.6. The van der Waals surface area contributed by atoms with Crippen LogP contribution in [0.3, 0.4) is 0 Å². The smallest absolute Gasteiger partial charge is 0.416 e. The SMILES string of the molecule is CCOC(=O)C1(C)Oc2cc(Oc3ccc(C(F)(F)F)cc3Cl)ccc2N(C)C1=O. The van der Waals surface area contributed by atoms with Crippen LogP contribution in [-0.2, 0) is 20.5 Å². The number of rotatable bonds is 4. The lowest BCUT2D eigenvalue weighted by atomic mass is 10.0. The molecule has 0 saturated carbocycles. The van der Waals surface area contributed by atoms with Gasteiger partial charge in [-0.25, -0.2) is 4.79 Å². The van der Waals surface area contributed by atoms with Crippen molar-refractivity contribution in [2.75, 3.05) is 18.6 Å². The minimum absolute atomic E-state index is 0.00184. The van der Waals surface area contributed by atoms with Crippen molar-refractivity contribution in [3.8, 4) is 17.2 Å². The van der Waals surface area contributed by atoms with Crippen molar-refractivity contribution in [3.05, 3.63) is 47.0 Å². The first-order valence-corrected chi connectivity index (χ1v) is 9.18. The molecule has 2 aromatic carbocycles. The van der Waals surface area contributed by atoms with Gasteiger partial charge in [-0.15, -0.1) is 0 Å². The van der Waals surface area contributed by atoms with Crippen LogP contribution in [0.2, 0.25) is 5.02 Å². The number of amides is 1. The summed E-state index contributed by atoms with van der Waals surface area (Å²) in [5, 5.41) is -0.230. The van der Waals surface area contributed by atoms with Gasteiger partial charge < -0.3 is 19.1 Å². The monoisotopic (exact) mass is 443 g/mol. The van der Waals surface area contributed by atoms with E-state index in [4.69, 9.17) is 25.8 Å². The minimum atomic E-state index is -4.53. The highest BCUT2D eigenvalue weighted by Crippen LogP contribution is 2.42. The van der Waals surface area contributed by atoms with Gasteiger partial charge in [0.1, 0.15) is 17.2 Å². The van der Waals surface area contributed by atoms with Crippen molar-refractivity contribution >= 4 is 29.2 Å². The van der Waals surface area contributed by atoms with Gasteiger partial charge in [0.05, 0.1) is 22.9 Å². The van der Waals surface area contributed by atoms with Gasteiger partial charge >= 0.3 is 12.1 Å². The molecule has 1 aliphatic rings. The van der Waals surface area contributed by atoms with Crippen LogP contribution < -0.4 is 14.4 Å². The van der Waals surface area contributed by atoms with Gasteiger partial charge in [-0.1, -0.05) is 11.6 Å². The summed E-state index contributed by atoms with van der Waals surface area (Å²) in [7, 11) is 1.48. The Balaban J connectivity index is 1.92. The van der Waals surface area contributed by atoms with Crippen molar-refractivity contribution in [1.82, 2.24) is 0 Å². The molecule has 1 unspecified atom stereocenters. The van der Waals surface area contributed by atoms with Crippen molar-refractivity contribution < 1.29 is 37.0 Å². The maximum Gasteiger partial charge on any atom is 0.416 e. The first-order valence-electron chi connectivity index (χ1n) is 8.80. The van der Waals surface area contributed by atoms with Crippen LogP contribution in [0.1, 0.15) is 19.4 Å². The third kappa shape index (κ3) is 3.89. The van der Waals surface area contributed by atoms with E-state index in [0.29, 0.717) is 5.69 Å². The summed E-state index contributed by atoms with van der Waals surface area (Å²) in [4.78, 5) is 26.2. The number of carbonyl (C=O) groups is 2. The van der Waals surface area contributed by atoms with Gasteiger partial charge in [-0.2, -0.15) is 13.2 Å². The van der Waals surface area contributed by atoms with Crippen molar-refractivity contribution in [2.24, 2.45) is 0 Å². The highest BCUT2D eigenvalue weighted by Gasteiger charge is 2.51. The molecule has 1 amide bonds. The predicted octanol–water partition coefficient (Wildman–Crippen LogP) is 4.83. The van der Waals surface area contributed by atoms with Crippen LogP contribution in [-0.4, -0.2) is 31.1 Å². The molecule has 0 aliphatic carbocycles. The number of anilines is 1. The largest absolute Gasteiger partial charge is 0.463 e. The molecule has 1 aliphatic heterocycles. The highest BCUT2D eigenvalue weighted by molar-refractivity contribution is 6.32. The molecule has 10 heteroatoms. The van der Waals surface area contributed by atoms with Crippen molar-refractivity contribution in [2.45, 2.75) is 25.6 Å². The molecular weight excluding hydrogens is 427 g/mol. The van der Waals surface area contributed by atoms with Gasteiger partial charge in [0.2, 0.25) is 0 Å². The summed E-state index contributed by atoms with van der Waals surface area (Å²) in [5.74, 6) is -1.10.